The van der Waals surface area contributed by atoms with E-state index in [1.165, 1.54) is 11.1 Å². The van der Waals surface area contributed by atoms with Gasteiger partial charge in [0, 0.05) is 30.7 Å². The Morgan fingerprint density at radius 3 is 2.39 bits per heavy atom. The molecule has 196 valence electrons. The number of nitrogens with zero attached hydrogens (tertiary/aromatic N) is 1. The third-order valence-corrected chi connectivity index (χ3v) is 7.03. The summed E-state index contributed by atoms with van der Waals surface area (Å²) >= 11 is 0. The predicted molar refractivity (Wildman–Crippen MR) is 149 cm³/mol. The number of furan rings is 1. The highest BCUT2D eigenvalue weighted by Gasteiger charge is 2.22. The molecule has 0 aliphatic carbocycles. The van der Waals surface area contributed by atoms with Gasteiger partial charge in [-0.1, -0.05) is 68.4 Å². The summed E-state index contributed by atoms with van der Waals surface area (Å²) in [5.41, 5.74) is 4.26. The fourth-order valence-corrected chi connectivity index (χ4v) is 4.68. The standard InChI is InChI=1S/C32H34N2O4/c1-32(2,25-8-4-3-5-9-25)26-11-13-28(14-12-26)37-23-29-15-16-30(38-29)31(35)33-27-10-6-7-24(21-27)22-34-17-19-36-20-18-34/h3-16,21H,17-20,22-23H2,1-2H3,(H,33,35). The lowest BCUT2D eigenvalue weighted by Gasteiger charge is -2.26. The molecule has 3 aromatic carbocycles. The molecule has 0 bridgehead atoms. The highest BCUT2D eigenvalue weighted by atomic mass is 16.5. The van der Waals surface area contributed by atoms with Crippen LogP contribution in [0.15, 0.2) is 95.4 Å². The largest absolute Gasteiger partial charge is 0.486 e. The zero-order valence-corrected chi connectivity index (χ0v) is 22.0. The summed E-state index contributed by atoms with van der Waals surface area (Å²) < 4.78 is 17.1. The van der Waals surface area contributed by atoms with Crippen LogP contribution >= 0.6 is 0 Å². The maximum Gasteiger partial charge on any atom is 0.291 e. The van der Waals surface area contributed by atoms with Crippen LogP contribution in [0.5, 0.6) is 5.75 Å². The van der Waals surface area contributed by atoms with E-state index in [0.717, 1.165) is 49.8 Å². The maximum absolute atomic E-state index is 12.8. The number of carbonyl (C=O) groups excluding carboxylic acids is 1. The molecule has 2 heterocycles. The van der Waals surface area contributed by atoms with Gasteiger partial charge in [0.2, 0.25) is 0 Å². The number of ether oxygens (including phenoxy) is 2. The van der Waals surface area contributed by atoms with Crippen molar-refractivity contribution in [3.05, 3.63) is 119 Å². The number of amides is 1. The van der Waals surface area contributed by atoms with Crippen molar-refractivity contribution < 1.29 is 18.7 Å². The fourth-order valence-electron chi connectivity index (χ4n) is 4.68. The van der Waals surface area contributed by atoms with Gasteiger partial charge >= 0.3 is 0 Å². The highest BCUT2D eigenvalue weighted by Crippen LogP contribution is 2.32. The lowest BCUT2D eigenvalue weighted by molar-refractivity contribution is 0.0342. The summed E-state index contributed by atoms with van der Waals surface area (Å²) in [6.07, 6.45) is 0. The lowest BCUT2D eigenvalue weighted by atomic mass is 9.78. The number of carbonyl (C=O) groups is 1. The van der Waals surface area contributed by atoms with Crippen molar-refractivity contribution in [3.63, 3.8) is 0 Å². The van der Waals surface area contributed by atoms with Crippen LogP contribution in [-0.4, -0.2) is 37.1 Å². The molecule has 1 amide bonds. The minimum atomic E-state index is -0.285. The molecule has 0 spiro atoms. The normalized spacial score (nSPS) is 14.3. The van der Waals surface area contributed by atoms with E-state index in [2.05, 4.69) is 66.5 Å². The third-order valence-electron chi connectivity index (χ3n) is 7.03. The minimum Gasteiger partial charge on any atom is -0.486 e. The summed E-state index contributed by atoms with van der Waals surface area (Å²) in [6.45, 7) is 8.87. The van der Waals surface area contributed by atoms with Crippen molar-refractivity contribution in [2.45, 2.75) is 32.4 Å². The molecule has 6 nitrogen and oxygen atoms in total. The Labute approximate surface area is 224 Å². The average Bonchev–Trinajstić information content (AvgIpc) is 3.43. The Morgan fingerprint density at radius 1 is 0.895 bits per heavy atom. The van der Waals surface area contributed by atoms with E-state index in [0.29, 0.717) is 5.76 Å². The molecule has 1 N–H and O–H groups in total. The summed E-state index contributed by atoms with van der Waals surface area (Å²) in [5, 5.41) is 2.94. The van der Waals surface area contributed by atoms with Crippen LogP contribution in [0.1, 0.15) is 46.9 Å². The van der Waals surface area contributed by atoms with Crippen molar-refractivity contribution in [3.8, 4) is 5.75 Å². The van der Waals surface area contributed by atoms with E-state index < -0.39 is 0 Å². The highest BCUT2D eigenvalue weighted by molar-refractivity contribution is 6.02. The third kappa shape index (κ3) is 6.33. The van der Waals surface area contributed by atoms with Crippen LogP contribution in [0.2, 0.25) is 0 Å². The predicted octanol–water partition coefficient (Wildman–Crippen LogP) is 6.27. The molecule has 38 heavy (non-hydrogen) atoms. The van der Waals surface area contributed by atoms with E-state index in [-0.39, 0.29) is 23.7 Å². The van der Waals surface area contributed by atoms with Crippen LogP contribution in [0.4, 0.5) is 5.69 Å². The smallest absolute Gasteiger partial charge is 0.291 e. The first-order chi connectivity index (χ1) is 18.5. The number of morpholine rings is 1. The van der Waals surface area contributed by atoms with Gasteiger partial charge in [-0.05, 0) is 53.1 Å². The molecular formula is C32H34N2O4. The molecule has 4 aromatic rings. The molecule has 1 aliphatic rings. The van der Waals surface area contributed by atoms with Gasteiger partial charge < -0.3 is 19.2 Å². The molecule has 5 rings (SSSR count). The molecule has 0 radical (unpaired) electrons. The van der Waals surface area contributed by atoms with Crippen molar-refractivity contribution in [2.24, 2.45) is 0 Å². The molecule has 0 unspecified atom stereocenters. The Hall–Kier alpha value is -3.87. The van der Waals surface area contributed by atoms with Crippen molar-refractivity contribution >= 4 is 11.6 Å². The van der Waals surface area contributed by atoms with Gasteiger partial charge in [0.1, 0.15) is 18.1 Å². The number of hydrogen-bond donors (Lipinski definition) is 1. The number of rotatable bonds is 9. The van der Waals surface area contributed by atoms with Crippen LogP contribution in [-0.2, 0) is 23.3 Å². The van der Waals surface area contributed by atoms with E-state index >= 15 is 0 Å². The Bertz CT molecular complexity index is 1340. The van der Waals surface area contributed by atoms with E-state index in [9.17, 15) is 4.79 Å². The quantitative estimate of drug-likeness (QED) is 0.288. The number of benzene rings is 3. The molecule has 0 saturated carbocycles. The fraction of sp³-hybridized carbons (Fsp3) is 0.281. The second-order valence-electron chi connectivity index (χ2n) is 10.1. The summed E-state index contributed by atoms with van der Waals surface area (Å²) in [7, 11) is 0. The van der Waals surface area contributed by atoms with Crippen LogP contribution in [0.3, 0.4) is 0 Å². The monoisotopic (exact) mass is 510 g/mol. The molecule has 6 heteroatoms. The first-order valence-electron chi connectivity index (χ1n) is 13.1. The summed E-state index contributed by atoms with van der Waals surface area (Å²) in [6, 6.07) is 30.0. The van der Waals surface area contributed by atoms with Crippen molar-refractivity contribution in [2.75, 3.05) is 31.6 Å². The van der Waals surface area contributed by atoms with Gasteiger partial charge in [0.15, 0.2) is 5.76 Å². The van der Waals surface area contributed by atoms with Crippen molar-refractivity contribution in [1.82, 2.24) is 4.90 Å². The van der Waals surface area contributed by atoms with E-state index in [1.54, 1.807) is 12.1 Å². The van der Waals surface area contributed by atoms with Gasteiger partial charge in [0.25, 0.3) is 5.91 Å². The first kappa shape index (κ1) is 25.8. The second kappa shape index (κ2) is 11.7. The van der Waals surface area contributed by atoms with E-state index in [1.807, 2.05) is 36.4 Å². The van der Waals surface area contributed by atoms with Gasteiger partial charge in [-0.15, -0.1) is 0 Å². The zero-order valence-electron chi connectivity index (χ0n) is 22.0. The second-order valence-corrected chi connectivity index (χ2v) is 10.1. The summed E-state index contributed by atoms with van der Waals surface area (Å²) in [4.78, 5) is 15.1. The topological polar surface area (TPSA) is 63.9 Å². The Balaban J connectivity index is 1.15. The molecule has 1 saturated heterocycles. The Morgan fingerprint density at radius 2 is 1.63 bits per heavy atom. The van der Waals surface area contributed by atoms with Crippen molar-refractivity contribution in [1.29, 1.82) is 0 Å². The molecule has 1 fully saturated rings. The number of hydrogen-bond acceptors (Lipinski definition) is 5. The van der Waals surface area contributed by atoms with Crippen LogP contribution in [0.25, 0.3) is 0 Å². The molecule has 1 aliphatic heterocycles. The zero-order chi connectivity index (χ0) is 26.4. The SMILES string of the molecule is CC(C)(c1ccccc1)c1ccc(OCc2ccc(C(=O)Nc3cccc(CN4CCOCC4)c3)o2)cc1. The molecule has 1 aromatic heterocycles. The molecular weight excluding hydrogens is 476 g/mol. The van der Waals surface area contributed by atoms with Crippen LogP contribution in [0, 0.1) is 0 Å². The average molecular weight is 511 g/mol. The van der Waals surface area contributed by atoms with Gasteiger partial charge in [-0.2, -0.15) is 0 Å². The summed E-state index contributed by atoms with van der Waals surface area (Å²) in [5.74, 6) is 1.30. The van der Waals surface area contributed by atoms with Gasteiger partial charge in [-0.3, -0.25) is 9.69 Å². The first-order valence-corrected chi connectivity index (χ1v) is 13.1. The maximum atomic E-state index is 12.8. The number of anilines is 1. The molecule has 0 atom stereocenters. The lowest BCUT2D eigenvalue weighted by Crippen LogP contribution is -2.35. The van der Waals surface area contributed by atoms with E-state index in [4.69, 9.17) is 13.9 Å². The Kier molecular flexibility index (Phi) is 7.91. The minimum absolute atomic E-state index is 0.106. The van der Waals surface area contributed by atoms with Gasteiger partial charge in [0.05, 0.1) is 13.2 Å². The van der Waals surface area contributed by atoms with Gasteiger partial charge in [-0.25, -0.2) is 0 Å². The number of nitrogens with one attached hydrogen (secondary N) is 1. The van der Waals surface area contributed by atoms with Crippen LogP contribution < -0.4 is 10.1 Å².